The van der Waals surface area contributed by atoms with Crippen LogP contribution in [0.25, 0.3) is 0 Å². The van der Waals surface area contributed by atoms with Gasteiger partial charge in [0.2, 0.25) is 0 Å². The molecule has 0 radical (unpaired) electrons. The minimum absolute atomic E-state index is 0.498. The molecule has 18 heavy (non-hydrogen) atoms. The quantitative estimate of drug-likeness (QED) is 0.355. The van der Waals surface area contributed by atoms with Crippen LogP contribution in [0.15, 0.2) is 10.4 Å². The lowest BCUT2D eigenvalue weighted by molar-refractivity contribution is 0.798. The third-order valence-electron chi connectivity index (χ3n) is 2.19. The van der Waals surface area contributed by atoms with E-state index in [9.17, 15) is 0 Å². The fourth-order valence-electron chi connectivity index (χ4n) is 1.42. The number of nitrogens with one attached hydrogen (secondary N) is 2. The zero-order chi connectivity index (χ0) is 13.2. The van der Waals surface area contributed by atoms with E-state index in [1.54, 1.807) is 11.3 Å². The van der Waals surface area contributed by atoms with Gasteiger partial charge in [0.25, 0.3) is 0 Å². The van der Waals surface area contributed by atoms with Gasteiger partial charge in [0.15, 0.2) is 5.96 Å². The number of rotatable bonds is 6. The summed E-state index contributed by atoms with van der Waals surface area (Å²) in [5.74, 6) is 3.32. The molecule has 5 heteroatoms. The van der Waals surface area contributed by atoms with Crippen molar-refractivity contribution < 1.29 is 0 Å². The summed E-state index contributed by atoms with van der Waals surface area (Å²) in [6.45, 7) is 6.16. The summed E-state index contributed by atoms with van der Waals surface area (Å²) in [5, 5.41) is 9.48. The summed E-state index contributed by atoms with van der Waals surface area (Å²) in [5.41, 5.74) is 1.10. The molecule has 0 spiro atoms. The molecule has 4 nitrogen and oxygen atoms in total. The van der Waals surface area contributed by atoms with Crippen LogP contribution in [0.1, 0.15) is 24.0 Å². The Morgan fingerprint density at radius 2 is 2.39 bits per heavy atom. The molecular weight excluding hydrogens is 244 g/mol. The average molecular weight is 264 g/mol. The van der Waals surface area contributed by atoms with Crippen molar-refractivity contribution in [1.29, 1.82) is 0 Å². The summed E-state index contributed by atoms with van der Waals surface area (Å²) < 4.78 is 0. The van der Waals surface area contributed by atoms with Gasteiger partial charge in [-0.1, -0.05) is 5.92 Å². The molecule has 0 saturated heterocycles. The maximum absolute atomic E-state index is 5.20. The molecule has 1 rings (SSSR count). The second-order valence-corrected chi connectivity index (χ2v) is 4.75. The molecule has 98 valence electrons. The first kappa shape index (κ1) is 14.5. The van der Waals surface area contributed by atoms with E-state index >= 15 is 0 Å². The Balaban J connectivity index is 2.29. The molecular formula is C13H20N4S. The molecule has 0 unspecified atom stereocenters. The van der Waals surface area contributed by atoms with E-state index in [-0.39, 0.29) is 0 Å². The molecule has 1 aromatic rings. The lowest BCUT2D eigenvalue weighted by atomic mass is 10.3. The van der Waals surface area contributed by atoms with Gasteiger partial charge in [-0.3, -0.25) is 4.99 Å². The predicted molar refractivity (Wildman–Crippen MR) is 78.0 cm³/mol. The summed E-state index contributed by atoms with van der Waals surface area (Å²) in [7, 11) is 0. The standard InChI is InChI=1S/C13H20N4S/c1-4-8-15-13(14-5-2)16-9-6-7-12-17-11(3)10-18-12/h1,10H,5-9H2,2-3H3,(H2,14,15,16). The SMILES string of the molecule is C#CCNC(=NCCCc1nc(C)cs1)NCC. The Labute approximate surface area is 113 Å². The summed E-state index contributed by atoms with van der Waals surface area (Å²) >= 11 is 1.72. The van der Waals surface area contributed by atoms with Crippen LogP contribution in [0.5, 0.6) is 0 Å². The third kappa shape index (κ3) is 5.69. The molecule has 0 aromatic carbocycles. The van der Waals surface area contributed by atoms with Crippen LogP contribution in [-0.4, -0.2) is 30.6 Å². The molecule has 1 aromatic heterocycles. The average Bonchev–Trinajstić information content (AvgIpc) is 2.77. The van der Waals surface area contributed by atoms with Crippen molar-refractivity contribution >= 4 is 17.3 Å². The van der Waals surface area contributed by atoms with E-state index in [0.29, 0.717) is 6.54 Å². The van der Waals surface area contributed by atoms with Gasteiger partial charge in [-0.05, 0) is 20.3 Å². The molecule has 0 atom stereocenters. The number of guanidine groups is 1. The van der Waals surface area contributed by atoms with E-state index in [1.165, 1.54) is 5.01 Å². The minimum Gasteiger partial charge on any atom is -0.357 e. The molecule has 0 aliphatic rings. The first-order chi connectivity index (χ1) is 8.76. The second kappa shape index (κ2) is 8.54. The Morgan fingerprint density at radius 3 is 3.00 bits per heavy atom. The molecule has 0 amide bonds. The predicted octanol–water partition coefficient (Wildman–Crippen LogP) is 1.57. The highest BCUT2D eigenvalue weighted by atomic mass is 32.1. The summed E-state index contributed by atoms with van der Waals surface area (Å²) in [6.07, 6.45) is 7.19. The first-order valence-electron chi connectivity index (χ1n) is 6.13. The lowest BCUT2D eigenvalue weighted by Gasteiger charge is -2.08. The van der Waals surface area contributed by atoms with Gasteiger partial charge in [0.1, 0.15) is 0 Å². The van der Waals surface area contributed by atoms with E-state index in [4.69, 9.17) is 6.42 Å². The highest BCUT2D eigenvalue weighted by Gasteiger charge is 1.99. The van der Waals surface area contributed by atoms with Crippen molar-refractivity contribution in [1.82, 2.24) is 15.6 Å². The number of terminal acetylenes is 1. The molecule has 2 N–H and O–H groups in total. The Kier molecular flexibility index (Phi) is 6.89. The van der Waals surface area contributed by atoms with Gasteiger partial charge in [-0.15, -0.1) is 17.8 Å². The molecule has 0 saturated carbocycles. The monoisotopic (exact) mass is 264 g/mol. The van der Waals surface area contributed by atoms with Crippen LogP contribution in [-0.2, 0) is 6.42 Å². The van der Waals surface area contributed by atoms with Gasteiger partial charge in [-0.25, -0.2) is 4.98 Å². The zero-order valence-corrected chi connectivity index (χ0v) is 11.8. The zero-order valence-electron chi connectivity index (χ0n) is 11.0. The van der Waals surface area contributed by atoms with Crippen LogP contribution in [0.4, 0.5) is 0 Å². The van der Waals surface area contributed by atoms with Crippen molar-refractivity contribution in [3.63, 3.8) is 0 Å². The van der Waals surface area contributed by atoms with Gasteiger partial charge in [0.05, 0.1) is 11.6 Å². The fraction of sp³-hybridized carbons (Fsp3) is 0.538. The number of aryl methyl sites for hydroxylation is 2. The largest absolute Gasteiger partial charge is 0.357 e. The topological polar surface area (TPSA) is 49.3 Å². The van der Waals surface area contributed by atoms with Crippen LogP contribution in [0.2, 0.25) is 0 Å². The highest BCUT2D eigenvalue weighted by molar-refractivity contribution is 7.09. The summed E-state index contributed by atoms with van der Waals surface area (Å²) in [4.78, 5) is 8.87. The van der Waals surface area contributed by atoms with E-state index in [2.05, 4.69) is 31.9 Å². The molecule has 1 heterocycles. The number of nitrogens with zero attached hydrogens (tertiary/aromatic N) is 2. The Bertz CT molecular complexity index is 417. The highest BCUT2D eigenvalue weighted by Crippen LogP contribution is 2.10. The minimum atomic E-state index is 0.498. The van der Waals surface area contributed by atoms with E-state index < -0.39 is 0 Å². The normalized spacial score (nSPS) is 11.1. The number of aromatic nitrogens is 1. The van der Waals surface area contributed by atoms with Crippen molar-refractivity contribution in [2.75, 3.05) is 19.6 Å². The van der Waals surface area contributed by atoms with Crippen molar-refractivity contribution in [3.8, 4) is 12.3 Å². The van der Waals surface area contributed by atoms with Crippen LogP contribution < -0.4 is 10.6 Å². The first-order valence-corrected chi connectivity index (χ1v) is 7.01. The van der Waals surface area contributed by atoms with Crippen molar-refractivity contribution in [2.45, 2.75) is 26.7 Å². The van der Waals surface area contributed by atoms with Crippen molar-refractivity contribution in [3.05, 3.63) is 16.1 Å². The van der Waals surface area contributed by atoms with Crippen LogP contribution >= 0.6 is 11.3 Å². The molecule has 0 bridgehead atoms. The number of thiazole rings is 1. The lowest BCUT2D eigenvalue weighted by Crippen LogP contribution is -2.37. The van der Waals surface area contributed by atoms with Gasteiger partial charge < -0.3 is 10.6 Å². The van der Waals surface area contributed by atoms with Crippen LogP contribution in [0.3, 0.4) is 0 Å². The maximum atomic E-state index is 5.20. The van der Waals surface area contributed by atoms with E-state index in [0.717, 1.165) is 37.6 Å². The molecule has 0 fully saturated rings. The number of hydrogen-bond donors (Lipinski definition) is 2. The Morgan fingerprint density at radius 1 is 1.56 bits per heavy atom. The number of aliphatic imine (C=N–C) groups is 1. The van der Waals surface area contributed by atoms with E-state index in [1.807, 2.05) is 13.8 Å². The van der Waals surface area contributed by atoms with Gasteiger partial charge in [0, 0.05) is 30.6 Å². The summed E-state index contributed by atoms with van der Waals surface area (Å²) in [6, 6.07) is 0. The fourth-order valence-corrected chi connectivity index (χ4v) is 2.23. The Hall–Kier alpha value is -1.54. The molecule has 0 aliphatic carbocycles. The molecule has 0 aliphatic heterocycles. The van der Waals surface area contributed by atoms with Crippen LogP contribution in [0, 0.1) is 19.3 Å². The van der Waals surface area contributed by atoms with Crippen molar-refractivity contribution in [2.24, 2.45) is 4.99 Å². The number of hydrogen-bond acceptors (Lipinski definition) is 3. The smallest absolute Gasteiger partial charge is 0.192 e. The maximum Gasteiger partial charge on any atom is 0.192 e. The van der Waals surface area contributed by atoms with Gasteiger partial charge >= 0.3 is 0 Å². The third-order valence-corrected chi connectivity index (χ3v) is 3.21. The van der Waals surface area contributed by atoms with Gasteiger partial charge in [-0.2, -0.15) is 0 Å². The second-order valence-electron chi connectivity index (χ2n) is 3.80.